The summed E-state index contributed by atoms with van der Waals surface area (Å²) in [5.41, 5.74) is 5.18. The second-order valence-electron chi connectivity index (χ2n) is 4.16. The molecule has 0 aromatic rings. The van der Waals surface area contributed by atoms with Crippen molar-refractivity contribution >= 4 is 11.9 Å². The van der Waals surface area contributed by atoms with Crippen molar-refractivity contribution in [3.8, 4) is 0 Å². The van der Waals surface area contributed by atoms with Gasteiger partial charge >= 0.3 is 6.03 Å². The lowest BCUT2D eigenvalue weighted by molar-refractivity contribution is -0.132. The van der Waals surface area contributed by atoms with Gasteiger partial charge in [-0.25, -0.2) is 4.79 Å². The number of likely N-dealkylation sites (tertiary alicyclic amines) is 1. The van der Waals surface area contributed by atoms with Gasteiger partial charge in [0, 0.05) is 12.5 Å². The molecular formula is C11H20N2O2. The third kappa shape index (κ3) is 3.22. The van der Waals surface area contributed by atoms with Crippen LogP contribution in [0.1, 0.15) is 45.4 Å². The fraction of sp³-hybridized carbons (Fsp3) is 0.818. The number of nitrogens with zero attached hydrogens (tertiary/aromatic N) is 1. The highest BCUT2D eigenvalue weighted by atomic mass is 16.2. The number of imide groups is 1. The average Bonchev–Trinajstić information content (AvgIpc) is 2.37. The van der Waals surface area contributed by atoms with Crippen LogP contribution in [-0.2, 0) is 4.79 Å². The molecule has 1 aliphatic heterocycles. The van der Waals surface area contributed by atoms with Crippen LogP contribution in [0.15, 0.2) is 0 Å². The lowest BCUT2D eigenvalue weighted by atomic mass is 9.96. The predicted molar refractivity (Wildman–Crippen MR) is 58.2 cm³/mol. The Balaban J connectivity index is 2.62. The van der Waals surface area contributed by atoms with Gasteiger partial charge in [0.1, 0.15) is 0 Å². The molecule has 1 unspecified atom stereocenters. The zero-order valence-electron chi connectivity index (χ0n) is 9.37. The number of amides is 3. The molecule has 1 rings (SSSR count). The average molecular weight is 212 g/mol. The largest absolute Gasteiger partial charge is 0.351 e. The molecule has 1 heterocycles. The Kier molecular flexibility index (Phi) is 4.59. The third-order valence-corrected chi connectivity index (χ3v) is 2.97. The van der Waals surface area contributed by atoms with Gasteiger partial charge < -0.3 is 5.73 Å². The van der Waals surface area contributed by atoms with Crippen LogP contribution in [0.4, 0.5) is 4.79 Å². The molecule has 4 heteroatoms. The molecule has 15 heavy (non-hydrogen) atoms. The Morgan fingerprint density at radius 3 is 2.87 bits per heavy atom. The van der Waals surface area contributed by atoms with Crippen molar-refractivity contribution < 1.29 is 9.59 Å². The van der Waals surface area contributed by atoms with Crippen molar-refractivity contribution in [2.75, 3.05) is 6.54 Å². The normalized spacial score (nSPS) is 22.6. The molecule has 0 saturated carbocycles. The summed E-state index contributed by atoms with van der Waals surface area (Å²) >= 11 is 0. The van der Waals surface area contributed by atoms with Gasteiger partial charge in [-0.1, -0.05) is 26.2 Å². The summed E-state index contributed by atoms with van der Waals surface area (Å²) in [5.74, 6) is -0.0478. The van der Waals surface area contributed by atoms with E-state index in [9.17, 15) is 9.59 Å². The molecule has 0 spiro atoms. The van der Waals surface area contributed by atoms with Crippen molar-refractivity contribution in [1.82, 2.24) is 4.90 Å². The van der Waals surface area contributed by atoms with E-state index in [1.54, 1.807) is 0 Å². The maximum atomic E-state index is 11.9. The maximum Gasteiger partial charge on any atom is 0.321 e. The fourth-order valence-electron chi connectivity index (χ4n) is 2.05. The molecule has 4 nitrogen and oxygen atoms in total. The Bertz CT molecular complexity index is 241. The smallest absolute Gasteiger partial charge is 0.321 e. The highest BCUT2D eigenvalue weighted by Gasteiger charge is 2.28. The van der Waals surface area contributed by atoms with E-state index in [2.05, 4.69) is 6.92 Å². The van der Waals surface area contributed by atoms with Crippen LogP contribution >= 0.6 is 0 Å². The van der Waals surface area contributed by atoms with E-state index in [4.69, 9.17) is 5.73 Å². The van der Waals surface area contributed by atoms with Gasteiger partial charge in [0.2, 0.25) is 5.91 Å². The van der Waals surface area contributed by atoms with Gasteiger partial charge in [-0.2, -0.15) is 0 Å². The first-order valence-corrected chi connectivity index (χ1v) is 5.77. The van der Waals surface area contributed by atoms with Crippen molar-refractivity contribution in [3.05, 3.63) is 0 Å². The summed E-state index contributed by atoms with van der Waals surface area (Å²) in [4.78, 5) is 24.2. The van der Waals surface area contributed by atoms with E-state index < -0.39 is 6.03 Å². The minimum absolute atomic E-state index is 0.0138. The van der Waals surface area contributed by atoms with Crippen LogP contribution < -0.4 is 5.73 Å². The summed E-state index contributed by atoms with van der Waals surface area (Å²) in [6, 6.07) is -0.594. The monoisotopic (exact) mass is 212 g/mol. The van der Waals surface area contributed by atoms with E-state index in [0.717, 1.165) is 38.5 Å². The molecule has 0 radical (unpaired) electrons. The van der Waals surface area contributed by atoms with Gasteiger partial charge in [0.05, 0.1) is 0 Å². The van der Waals surface area contributed by atoms with Gasteiger partial charge in [-0.3, -0.25) is 9.69 Å². The molecule has 2 N–H and O–H groups in total. The van der Waals surface area contributed by atoms with Gasteiger partial charge in [-0.15, -0.1) is 0 Å². The Labute approximate surface area is 90.8 Å². The van der Waals surface area contributed by atoms with Gasteiger partial charge in [0.25, 0.3) is 0 Å². The molecule has 0 aromatic heterocycles. The molecule has 1 saturated heterocycles. The topological polar surface area (TPSA) is 63.4 Å². The molecule has 0 bridgehead atoms. The number of carbonyl (C=O) groups is 2. The van der Waals surface area contributed by atoms with Crippen molar-refractivity contribution in [3.63, 3.8) is 0 Å². The molecule has 3 amide bonds. The zero-order valence-corrected chi connectivity index (χ0v) is 9.37. The molecule has 1 aliphatic rings. The first-order valence-electron chi connectivity index (χ1n) is 5.77. The standard InChI is InChI=1S/C11H20N2O2/c1-2-3-6-9-7-4-5-8-13(10(9)14)11(12)15/h9H,2-8H2,1H3,(H2,12,15). The van der Waals surface area contributed by atoms with Crippen LogP contribution in [0, 0.1) is 5.92 Å². The number of urea groups is 1. The van der Waals surface area contributed by atoms with Crippen LogP contribution in [0.3, 0.4) is 0 Å². The molecule has 0 aliphatic carbocycles. The number of hydrogen-bond donors (Lipinski definition) is 1. The number of nitrogens with two attached hydrogens (primary N) is 1. The minimum atomic E-state index is -0.594. The predicted octanol–water partition coefficient (Wildman–Crippen LogP) is 1.88. The summed E-state index contributed by atoms with van der Waals surface area (Å²) in [6.07, 6.45) is 5.83. The SMILES string of the molecule is CCCCC1CCCCN(C(N)=O)C1=O. The third-order valence-electron chi connectivity index (χ3n) is 2.97. The van der Waals surface area contributed by atoms with E-state index >= 15 is 0 Å². The molecule has 1 fully saturated rings. The number of unbranched alkanes of at least 4 members (excludes halogenated alkanes) is 1. The lowest BCUT2D eigenvalue weighted by Gasteiger charge is -2.20. The number of hydrogen-bond acceptors (Lipinski definition) is 2. The summed E-state index contributed by atoms with van der Waals surface area (Å²) in [5, 5.41) is 0. The van der Waals surface area contributed by atoms with Gasteiger partial charge in [0.15, 0.2) is 0 Å². The fourth-order valence-corrected chi connectivity index (χ4v) is 2.05. The number of rotatable bonds is 3. The molecule has 1 atom stereocenters. The zero-order chi connectivity index (χ0) is 11.3. The second-order valence-corrected chi connectivity index (χ2v) is 4.16. The van der Waals surface area contributed by atoms with E-state index in [1.165, 1.54) is 4.90 Å². The van der Waals surface area contributed by atoms with Crippen LogP contribution in [0.5, 0.6) is 0 Å². The highest BCUT2D eigenvalue weighted by Crippen LogP contribution is 2.22. The molecule has 0 aromatic carbocycles. The Morgan fingerprint density at radius 1 is 1.53 bits per heavy atom. The molecule has 86 valence electrons. The first-order chi connectivity index (χ1) is 7.16. The maximum absolute atomic E-state index is 11.9. The number of carbonyl (C=O) groups excluding carboxylic acids is 2. The summed E-state index contributed by atoms with van der Waals surface area (Å²) in [7, 11) is 0. The highest BCUT2D eigenvalue weighted by molar-refractivity contribution is 5.95. The summed E-state index contributed by atoms with van der Waals surface area (Å²) in [6.45, 7) is 2.60. The first kappa shape index (κ1) is 12.0. The van der Waals surface area contributed by atoms with Crippen LogP contribution in [0.2, 0.25) is 0 Å². The second kappa shape index (κ2) is 5.73. The van der Waals surface area contributed by atoms with Crippen molar-refractivity contribution in [1.29, 1.82) is 0 Å². The van der Waals surface area contributed by atoms with Crippen molar-refractivity contribution in [2.45, 2.75) is 45.4 Å². The van der Waals surface area contributed by atoms with Crippen molar-refractivity contribution in [2.24, 2.45) is 11.7 Å². The van der Waals surface area contributed by atoms with E-state index in [0.29, 0.717) is 6.54 Å². The van der Waals surface area contributed by atoms with Crippen LogP contribution in [-0.4, -0.2) is 23.4 Å². The van der Waals surface area contributed by atoms with Crippen LogP contribution in [0.25, 0.3) is 0 Å². The van der Waals surface area contributed by atoms with E-state index in [1.807, 2.05) is 0 Å². The minimum Gasteiger partial charge on any atom is -0.351 e. The lowest BCUT2D eigenvalue weighted by Crippen LogP contribution is -2.43. The number of primary amides is 1. The molecular weight excluding hydrogens is 192 g/mol. The quantitative estimate of drug-likeness (QED) is 0.776. The Morgan fingerprint density at radius 2 is 2.27 bits per heavy atom. The van der Waals surface area contributed by atoms with E-state index in [-0.39, 0.29) is 11.8 Å². The Hall–Kier alpha value is -1.06. The van der Waals surface area contributed by atoms with Gasteiger partial charge in [-0.05, 0) is 19.3 Å². The summed E-state index contributed by atoms with van der Waals surface area (Å²) < 4.78 is 0.